The van der Waals surface area contributed by atoms with Crippen molar-refractivity contribution in [2.24, 2.45) is 7.05 Å². The standard InChI is InChI=1S/C22H22N4O3.H2S/c1-14(27)6-16-9-17-18(12-26(2)20(17)11-24-16)19-7-15(10-23)8-21(25-19)22(28-3)4-5-29-13-22;/h7-9,11-12H,4-6,13H2,1-3H3;1H2/t22-;/m1./s1. The molecule has 4 rings (SSSR count). The van der Waals surface area contributed by atoms with Crippen molar-refractivity contribution < 1.29 is 14.3 Å². The number of ether oxygens (including phenoxy) is 2. The maximum atomic E-state index is 11.5. The van der Waals surface area contributed by atoms with Crippen molar-refractivity contribution in [2.75, 3.05) is 20.3 Å². The van der Waals surface area contributed by atoms with E-state index in [1.54, 1.807) is 32.4 Å². The third-order valence-corrected chi connectivity index (χ3v) is 5.44. The van der Waals surface area contributed by atoms with E-state index in [1.807, 2.05) is 23.9 Å². The van der Waals surface area contributed by atoms with E-state index < -0.39 is 5.60 Å². The van der Waals surface area contributed by atoms with Gasteiger partial charge in [0.05, 0.1) is 41.3 Å². The third-order valence-electron chi connectivity index (χ3n) is 5.44. The summed E-state index contributed by atoms with van der Waals surface area (Å²) in [5.41, 5.74) is 3.79. The summed E-state index contributed by atoms with van der Waals surface area (Å²) < 4.78 is 13.3. The molecule has 1 aliphatic heterocycles. The van der Waals surface area contributed by atoms with E-state index in [0.717, 1.165) is 16.5 Å². The van der Waals surface area contributed by atoms with Crippen molar-refractivity contribution in [1.82, 2.24) is 14.5 Å². The summed E-state index contributed by atoms with van der Waals surface area (Å²) >= 11 is 0. The van der Waals surface area contributed by atoms with Crippen LogP contribution in [-0.2, 0) is 33.3 Å². The molecule has 0 aromatic carbocycles. The van der Waals surface area contributed by atoms with Crippen LogP contribution in [0, 0.1) is 11.3 Å². The molecule has 0 radical (unpaired) electrons. The first-order valence-corrected chi connectivity index (χ1v) is 9.45. The molecular formula is C22H24N4O3S. The van der Waals surface area contributed by atoms with Gasteiger partial charge < -0.3 is 14.0 Å². The summed E-state index contributed by atoms with van der Waals surface area (Å²) in [6.07, 6.45) is 4.72. The van der Waals surface area contributed by atoms with Crippen molar-refractivity contribution >= 4 is 30.2 Å². The maximum Gasteiger partial charge on any atom is 0.135 e. The van der Waals surface area contributed by atoms with E-state index in [4.69, 9.17) is 14.5 Å². The Morgan fingerprint density at radius 1 is 1.40 bits per heavy atom. The van der Waals surface area contributed by atoms with Gasteiger partial charge in [0.2, 0.25) is 0 Å². The maximum absolute atomic E-state index is 11.5. The number of hydrogen-bond acceptors (Lipinski definition) is 6. The van der Waals surface area contributed by atoms with Crippen LogP contribution in [0.15, 0.2) is 30.6 Å². The molecule has 1 saturated heterocycles. The van der Waals surface area contributed by atoms with Gasteiger partial charge in [-0.05, 0) is 25.1 Å². The number of methoxy groups -OCH3 is 1. The molecule has 1 aliphatic rings. The molecular weight excluding hydrogens is 400 g/mol. The molecule has 0 amide bonds. The molecule has 30 heavy (non-hydrogen) atoms. The van der Waals surface area contributed by atoms with Crippen molar-refractivity contribution in [2.45, 2.75) is 25.4 Å². The van der Waals surface area contributed by atoms with E-state index in [2.05, 4.69) is 11.1 Å². The first-order chi connectivity index (χ1) is 14.0. The van der Waals surface area contributed by atoms with Crippen LogP contribution in [0.5, 0.6) is 0 Å². The SMILES string of the molecule is CO[C@]1(c2cc(C#N)cc(-c3cn(C)c4cnc(CC(C)=O)cc34)n2)CCOC1.S. The zero-order chi connectivity index (χ0) is 20.6. The van der Waals surface area contributed by atoms with Crippen LogP contribution in [0.25, 0.3) is 22.2 Å². The number of hydrogen-bond donors (Lipinski definition) is 0. The Morgan fingerprint density at radius 2 is 2.20 bits per heavy atom. The van der Waals surface area contributed by atoms with Crippen molar-refractivity contribution in [3.63, 3.8) is 0 Å². The Bertz CT molecular complexity index is 1140. The fourth-order valence-corrected chi connectivity index (χ4v) is 3.86. The fourth-order valence-electron chi connectivity index (χ4n) is 3.86. The number of aryl methyl sites for hydroxylation is 1. The summed E-state index contributed by atoms with van der Waals surface area (Å²) in [6.45, 7) is 2.55. The van der Waals surface area contributed by atoms with Gasteiger partial charge in [0.25, 0.3) is 0 Å². The molecule has 0 spiro atoms. The zero-order valence-corrected chi connectivity index (χ0v) is 18.2. The average molecular weight is 425 g/mol. The summed E-state index contributed by atoms with van der Waals surface area (Å²) in [5, 5.41) is 10.5. The lowest BCUT2D eigenvalue weighted by Crippen LogP contribution is -2.30. The predicted molar refractivity (Wildman–Crippen MR) is 118 cm³/mol. The van der Waals surface area contributed by atoms with Crippen molar-refractivity contribution in [3.05, 3.63) is 47.5 Å². The van der Waals surface area contributed by atoms with Gasteiger partial charge in [-0.25, -0.2) is 4.98 Å². The largest absolute Gasteiger partial charge is 0.378 e. The Balaban J connectivity index is 0.00000256. The minimum atomic E-state index is -0.645. The number of Topliss-reactive ketones (excluding diaryl/α,β-unsaturated/α-hetero) is 1. The number of nitrogens with zero attached hydrogens (tertiary/aromatic N) is 4. The second kappa shape index (κ2) is 8.56. The second-order valence-electron chi connectivity index (χ2n) is 7.46. The lowest BCUT2D eigenvalue weighted by Gasteiger charge is -2.25. The summed E-state index contributed by atoms with van der Waals surface area (Å²) in [4.78, 5) is 20.8. The number of aromatic nitrogens is 3. The Kier molecular flexibility index (Phi) is 6.27. The number of fused-ring (bicyclic) bond motifs is 1. The van der Waals surface area contributed by atoms with Crippen molar-refractivity contribution in [3.8, 4) is 17.3 Å². The molecule has 1 fully saturated rings. The van der Waals surface area contributed by atoms with Gasteiger partial charge in [0, 0.05) is 56.4 Å². The highest BCUT2D eigenvalue weighted by Gasteiger charge is 2.39. The van der Waals surface area contributed by atoms with Gasteiger partial charge >= 0.3 is 0 Å². The Hall–Kier alpha value is -2.73. The molecule has 0 bridgehead atoms. The number of rotatable bonds is 5. The minimum Gasteiger partial charge on any atom is -0.378 e. The second-order valence-corrected chi connectivity index (χ2v) is 7.46. The molecule has 0 saturated carbocycles. The van der Waals surface area contributed by atoms with Gasteiger partial charge in [0.1, 0.15) is 11.4 Å². The molecule has 1 atom stereocenters. The summed E-state index contributed by atoms with van der Waals surface area (Å²) in [5.74, 6) is 0.0597. The topological polar surface area (TPSA) is 90.0 Å². The molecule has 7 nitrogen and oxygen atoms in total. The Morgan fingerprint density at radius 3 is 2.83 bits per heavy atom. The third kappa shape index (κ3) is 3.84. The lowest BCUT2D eigenvalue weighted by molar-refractivity contribution is -0.116. The van der Waals surface area contributed by atoms with Crippen LogP contribution in [0.4, 0.5) is 0 Å². The molecule has 4 heterocycles. The van der Waals surface area contributed by atoms with Crippen LogP contribution >= 0.6 is 13.5 Å². The molecule has 156 valence electrons. The van der Waals surface area contributed by atoms with Gasteiger partial charge in [0.15, 0.2) is 0 Å². The molecule has 3 aromatic heterocycles. The van der Waals surface area contributed by atoms with Crippen LogP contribution in [0.2, 0.25) is 0 Å². The monoisotopic (exact) mass is 424 g/mol. The number of carbonyl (C=O) groups is 1. The quantitative estimate of drug-likeness (QED) is 0.625. The fraction of sp³-hybridized carbons (Fsp3) is 0.364. The van der Waals surface area contributed by atoms with Crippen LogP contribution in [0.1, 0.15) is 30.3 Å². The van der Waals surface area contributed by atoms with E-state index >= 15 is 0 Å². The van der Waals surface area contributed by atoms with Crippen LogP contribution in [-0.4, -0.2) is 40.6 Å². The first-order valence-electron chi connectivity index (χ1n) is 9.45. The molecule has 0 N–H and O–H groups in total. The average Bonchev–Trinajstić information content (AvgIpc) is 3.33. The van der Waals surface area contributed by atoms with Gasteiger partial charge in [-0.2, -0.15) is 18.8 Å². The number of pyridine rings is 2. The van der Waals surface area contributed by atoms with E-state index in [9.17, 15) is 10.1 Å². The van der Waals surface area contributed by atoms with Gasteiger partial charge in [-0.15, -0.1) is 0 Å². The highest BCUT2D eigenvalue weighted by molar-refractivity contribution is 7.59. The van der Waals surface area contributed by atoms with Crippen molar-refractivity contribution in [1.29, 1.82) is 5.26 Å². The molecule has 3 aromatic rings. The highest BCUT2D eigenvalue weighted by atomic mass is 32.1. The highest BCUT2D eigenvalue weighted by Crippen LogP contribution is 2.36. The molecule has 8 heteroatoms. The molecule has 0 aliphatic carbocycles. The zero-order valence-electron chi connectivity index (χ0n) is 17.2. The molecule has 0 unspecified atom stereocenters. The minimum absolute atomic E-state index is 0. The smallest absolute Gasteiger partial charge is 0.135 e. The van der Waals surface area contributed by atoms with E-state index in [0.29, 0.717) is 42.3 Å². The van der Waals surface area contributed by atoms with Crippen LogP contribution in [0.3, 0.4) is 0 Å². The number of ketones is 1. The van der Waals surface area contributed by atoms with E-state index in [1.165, 1.54) is 0 Å². The van der Waals surface area contributed by atoms with Gasteiger partial charge in [-0.1, -0.05) is 0 Å². The summed E-state index contributed by atoms with van der Waals surface area (Å²) in [6, 6.07) is 7.72. The van der Waals surface area contributed by atoms with E-state index in [-0.39, 0.29) is 25.7 Å². The van der Waals surface area contributed by atoms with Gasteiger partial charge in [-0.3, -0.25) is 9.78 Å². The number of nitriles is 1. The first kappa shape index (κ1) is 22.0. The normalized spacial score (nSPS) is 18.2. The Labute approximate surface area is 182 Å². The van der Waals surface area contributed by atoms with Crippen LogP contribution < -0.4 is 0 Å². The predicted octanol–water partition coefficient (Wildman–Crippen LogP) is 3.01. The summed E-state index contributed by atoms with van der Waals surface area (Å²) in [7, 11) is 3.58. The number of carbonyl (C=O) groups excluding carboxylic acids is 1. The lowest BCUT2D eigenvalue weighted by atomic mass is 9.95.